The summed E-state index contributed by atoms with van der Waals surface area (Å²) in [4.78, 5) is 25.6. The molecule has 1 aliphatic rings. The van der Waals surface area contributed by atoms with Crippen LogP contribution < -0.4 is 0 Å². The monoisotopic (exact) mass is 258 g/mol. The lowest BCUT2D eigenvalue weighted by Gasteiger charge is -2.36. The first-order valence-electron chi connectivity index (χ1n) is 6.40. The standard InChI is InChI=1S/C12H22N2O4/c1-13(9-11(16)17)12(18)14(7-8-15)10-5-3-2-4-6-10/h10,15H,2-9H2,1H3,(H,16,17). The van der Waals surface area contributed by atoms with Crippen molar-refractivity contribution in [2.24, 2.45) is 0 Å². The zero-order chi connectivity index (χ0) is 13.5. The van der Waals surface area contributed by atoms with Crippen LogP contribution in [-0.4, -0.2) is 64.8 Å². The molecule has 0 aromatic heterocycles. The molecule has 0 aliphatic heterocycles. The van der Waals surface area contributed by atoms with Crippen molar-refractivity contribution in [2.75, 3.05) is 26.7 Å². The number of hydrogen-bond acceptors (Lipinski definition) is 3. The molecule has 0 heterocycles. The Labute approximate surface area is 107 Å². The minimum atomic E-state index is -1.03. The van der Waals surface area contributed by atoms with Gasteiger partial charge in [-0.1, -0.05) is 19.3 Å². The quantitative estimate of drug-likeness (QED) is 0.762. The number of amides is 2. The highest BCUT2D eigenvalue weighted by molar-refractivity contribution is 5.80. The van der Waals surface area contributed by atoms with Crippen molar-refractivity contribution >= 4 is 12.0 Å². The van der Waals surface area contributed by atoms with E-state index >= 15 is 0 Å². The normalized spacial score (nSPS) is 16.3. The van der Waals surface area contributed by atoms with Gasteiger partial charge in [0.1, 0.15) is 6.54 Å². The fourth-order valence-corrected chi connectivity index (χ4v) is 2.42. The minimum absolute atomic E-state index is 0.0941. The third-order valence-electron chi connectivity index (χ3n) is 3.30. The van der Waals surface area contributed by atoms with E-state index in [1.807, 2.05) is 0 Å². The molecule has 0 atom stereocenters. The topological polar surface area (TPSA) is 81.1 Å². The number of carbonyl (C=O) groups excluding carboxylic acids is 1. The molecule has 0 aromatic rings. The van der Waals surface area contributed by atoms with Crippen molar-refractivity contribution in [3.8, 4) is 0 Å². The summed E-state index contributed by atoms with van der Waals surface area (Å²) in [6.07, 6.45) is 5.23. The summed E-state index contributed by atoms with van der Waals surface area (Å²) in [5, 5.41) is 17.7. The van der Waals surface area contributed by atoms with Gasteiger partial charge in [-0.2, -0.15) is 0 Å². The van der Waals surface area contributed by atoms with E-state index in [1.54, 1.807) is 4.90 Å². The fourth-order valence-electron chi connectivity index (χ4n) is 2.42. The number of aliphatic hydroxyl groups excluding tert-OH is 1. The lowest BCUT2D eigenvalue weighted by Crippen LogP contribution is -2.49. The van der Waals surface area contributed by atoms with Crippen LogP contribution in [0, 0.1) is 0 Å². The van der Waals surface area contributed by atoms with Crippen molar-refractivity contribution in [3.05, 3.63) is 0 Å². The number of likely N-dealkylation sites (N-methyl/N-ethyl adjacent to an activating group) is 1. The van der Waals surface area contributed by atoms with Gasteiger partial charge in [0.25, 0.3) is 0 Å². The Morgan fingerprint density at radius 3 is 2.33 bits per heavy atom. The average Bonchev–Trinajstić information content (AvgIpc) is 2.35. The van der Waals surface area contributed by atoms with Crippen LogP contribution in [0.4, 0.5) is 4.79 Å². The van der Waals surface area contributed by atoms with E-state index in [-0.39, 0.29) is 31.8 Å². The van der Waals surface area contributed by atoms with E-state index in [1.165, 1.54) is 18.4 Å². The molecule has 6 heteroatoms. The molecule has 0 bridgehead atoms. The fraction of sp³-hybridized carbons (Fsp3) is 0.833. The molecule has 1 aliphatic carbocycles. The van der Waals surface area contributed by atoms with Crippen molar-refractivity contribution in [1.82, 2.24) is 9.80 Å². The molecular formula is C12H22N2O4. The first-order valence-corrected chi connectivity index (χ1v) is 6.40. The molecule has 0 aromatic carbocycles. The van der Waals surface area contributed by atoms with Gasteiger partial charge in [-0.25, -0.2) is 4.79 Å². The molecule has 0 spiro atoms. The number of aliphatic carboxylic acids is 1. The molecule has 0 unspecified atom stereocenters. The molecule has 1 rings (SSSR count). The molecule has 1 saturated carbocycles. The van der Waals surface area contributed by atoms with Gasteiger partial charge in [-0.15, -0.1) is 0 Å². The van der Waals surface area contributed by atoms with Crippen molar-refractivity contribution in [2.45, 2.75) is 38.1 Å². The van der Waals surface area contributed by atoms with E-state index in [4.69, 9.17) is 10.2 Å². The molecule has 0 radical (unpaired) electrons. The van der Waals surface area contributed by atoms with Gasteiger partial charge in [-0.05, 0) is 12.8 Å². The third-order valence-corrected chi connectivity index (χ3v) is 3.30. The van der Waals surface area contributed by atoms with Crippen LogP contribution >= 0.6 is 0 Å². The van der Waals surface area contributed by atoms with E-state index in [0.29, 0.717) is 0 Å². The Morgan fingerprint density at radius 1 is 1.22 bits per heavy atom. The van der Waals surface area contributed by atoms with Gasteiger partial charge in [0, 0.05) is 19.6 Å². The predicted octanol–water partition coefficient (Wildman–Crippen LogP) is 0.750. The molecule has 18 heavy (non-hydrogen) atoms. The van der Waals surface area contributed by atoms with Crippen molar-refractivity contribution in [3.63, 3.8) is 0 Å². The van der Waals surface area contributed by atoms with Crippen LogP contribution in [0.3, 0.4) is 0 Å². The van der Waals surface area contributed by atoms with Crippen molar-refractivity contribution < 1.29 is 19.8 Å². The van der Waals surface area contributed by atoms with Crippen LogP contribution in [0.2, 0.25) is 0 Å². The van der Waals surface area contributed by atoms with Gasteiger partial charge in [0.2, 0.25) is 0 Å². The van der Waals surface area contributed by atoms with Gasteiger partial charge in [0.15, 0.2) is 0 Å². The zero-order valence-electron chi connectivity index (χ0n) is 10.8. The SMILES string of the molecule is CN(CC(=O)O)C(=O)N(CCO)C1CCCCC1. The van der Waals surface area contributed by atoms with Crippen LogP contribution in [-0.2, 0) is 4.79 Å². The minimum Gasteiger partial charge on any atom is -0.480 e. The van der Waals surface area contributed by atoms with E-state index in [0.717, 1.165) is 25.7 Å². The van der Waals surface area contributed by atoms with Gasteiger partial charge >= 0.3 is 12.0 Å². The van der Waals surface area contributed by atoms with Gasteiger partial charge < -0.3 is 20.0 Å². The first-order chi connectivity index (χ1) is 8.56. The molecule has 2 amide bonds. The summed E-state index contributed by atoms with van der Waals surface area (Å²) in [7, 11) is 1.48. The molecule has 0 saturated heterocycles. The maximum absolute atomic E-state index is 12.1. The summed E-state index contributed by atoms with van der Waals surface area (Å²) in [6.45, 7) is -0.135. The van der Waals surface area contributed by atoms with E-state index in [9.17, 15) is 9.59 Å². The Hall–Kier alpha value is -1.30. The highest BCUT2D eigenvalue weighted by Crippen LogP contribution is 2.23. The molecular weight excluding hydrogens is 236 g/mol. The lowest BCUT2D eigenvalue weighted by atomic mass is 9.94. The maximum atomic E-state index is 12.1. The number of urea groups is 1. The number of carboxylic acids is 1. The number of carbonyl (C=O) groups is 2. The molecule has 104 valence electrons. The Balaban J connectivity index is 2.64. The number of aliphatic hydroxyl groups is 1. The highest BCUT2D eigenvalue weighted by atomic mass is 16.4. The second-order valence-electron chi connectivity index (χ2n) is 4.74. The molecule has 2 N–H and O–H groups in total. The van der Waals surface area contributed by atoms with Crippen molar-refractivity contribution in [1.29, 1.82) is 0 Å². The Kier molecular flexibility index (Phi) is 5.91. The van der Waals surface area contributed by atoms with Gasteiger partial charge in [-0.3, -0.25) is 4.79 Å². The number of hydrogen-bond donors (Lipinski definition) is 2. The third kappa shape index (κ3) is 4.18. The second-order valence-corrected chi connectivity index (χ2v) is 4.74. The lowest BCUT2D eigenvalue weighted by molar-refractivity contribution is -0.137. The Bertz CT molecular complexity index is 290. The first kappa shape index (κ1) is 14.8. The largest absolute Gasteiger partial charge is 0.480 e. The van der Waals surface area contributed by atoms with Crippen LogP contribution in [0.25, 0.3) is 0 Å². The van der Waals surface area contributed by atoms with Crippen LogP contribution in [0.15, 0.2) is 0 Å². The van der Waals surface area contributed by atoms with Crippen LogP contribution in [0.1, 0.15) is 32.1 Å². The summed E-state index contributed by atoms with van der Waals surface area (Å²) in [5.41, 5.74) is 0. The second kappa shape index (κ2) is 7.20. The number of carboxylic acid groups (broad SMARTS) is 1. The average molecular weight is 258 g/mol. The smallest absolute Gasteiger partial charge is 0.323 e. The predicted molar refractivity (Wildman–Crippen MR) is 66.3 cm³/mol. The Morgan fingerprint density at radius 2 is 1.83 bits per heavy atom. The van der Waals surface area contributed by atoms with Crippen LogP contribution in [0.5, 0.6) is 0 Å². The zero-order valence-corrected chi connectivity index (χ0v) is 10.8. The summed E-state index contributed by atoms with van der Waals surface area (Å²) < 4.78 is 0. The summed E-state index contributed by atoms with van der Waals surface area (Å²) in [5.74, 6) is -1.03. The molecule has 1 fully saturated rings. The maximum Gasteiger partial charge on any atom is 0.323 e. The van der Waals surface area contributed by atoms with E-state index < -0.39 is 5.97 Å². The van der Waals surface area contributed by atoms with Gasteiger partial charge in [0.05, 0.1) is 6.61 Å². The highest BCUT2D eigenvalue weighted by Gasteiger charge is 2.27. The number of nitrogens with zero attached hydrogens (tertiary/aromatic N) is 2. The summed E-state index contributed by atoms with van der Waals surface area (Å²) >= 11 is 0. The molecule has 6 nitrogen and oxygen atoms in total. The van der Waals surface area contributed by atoms with E-state index in [2.05, 4.69) is 0 Å². The number of rotatable bonds is 5. The summed E-state index contributed by atoms with van der Waals surface area (Å²) in [6, 6.07) is -0.173.